The Labute approximate surface area is 191 Å². The van der Waals surface area contributed by atoms with E-state index >= 15 is 0 Å². The number of nitrogens with one attached hydrogen (secondary N) is 1. The number of ether oxygens (including phenoxy) is 2. The first kappa shape index (κ1) is 23.4. The second kappa shape index (κ2) is 10.9. The molecule has 0 unspecified atom stereocenters. The van der Waals surface area contributed by atoms with E-state index in [-0.39, 0.29) is 5.91 Å². The zero-order valence-electron chi connectivity index (χ0n) is 19.7. The normalized spacial score (nSPS) is 10.7. The third-order valence-electron chi connectivity index (χ3n) is 5.73. The Morgan fingerprint density at radius 3 is 2.16 bits per heavy atom. The fourth-order valence-electron chi connectivity index (χ4n) is 3.68. The number of hydrogen-bond donors (Lipinski definition) is 1. The quantitative estimate of drug-likeness (QED) is 0.412. The van der Waals surface area contributed by atoms with Gasteiger partial charge in [-0.1, -0.05) is 38.1 Å². The number of benzene rings is 3. The highest BCUT2D eigenvalue weighted by Gasteiger charge is 2.15. The summed E-state index contributed by atoms with van der Waals surface area (Å²) in [6, 6.07) is 17.7. The van der Waals surface area contributed by atoms with Crippen molar-refractivity contribution in [2.45, 2.75) is 54.1 Å². The molecule has 1 N–H and O–H groups in total. The van der Waals surface area contributed by atoms with Gasteiger partial charge < -0.3 is 14.8 Å². The van der Waals surface area contributed by atoms with Crippen molar-refractivity contribution < 1.29 is 14.3 Å². The molecule has 0 aliphatic heterocycles. The van der Waals surface area contributed by atoms with Crippen molar-refractivity contribution in [2.75, 3.05) is 11.9 Å². The maximum Gasteiger partial charge on any atom is 0.255 e. The van der Waals surface area contributed by atoms with Gasteiger partial charge in [-0.15, -0.1) is 0 Å². The first-order valence-electron chi connectivity index (χ1n) is 11.3. The Hall–Kier alpha value is -3.27. The molecule has 0 spiro atoms. The molecule has 3 aromatic carbocycles. The minimum atomic E-state index is -0.129. The molecule has 0 heterocycles. The fourth-order valence-corrected chi connectivity index (χ4v) is 3.68. The van der Waals surface area contributed by atoms with Crippen LogP contribution in [0.2, 0.25) is 0 Å². The van der Waals surface area contributed by atoms with E-state index in [9.17, 15) is 4.79 Å². The topological polar surface area (TPSA) is 47.6 Å². The van der Waals surface area contributed by atoms with Crippen LogP contribution >= 0.6 is 0 Å². The fraction of sp³-hybridized carbons (Fsp3) is 0.321. The van der Waals surface area contributed by atoms with Crippen molar-refractivity contribution in [3.63, 3.8) is 0 Å². The van der Waals surface area contributed by atoms with Crippen LogP contribution in [0, 0.1) is 13.8 Å². The van der Waals surface area contributed by atoms with Crippen molar-refractivity contribution in [2.24, 2.45) is 0 Å². The van der Waals surface area contributed by atoms with Crippen LogP contribution in [-0.2, 0) is 19.4 Å². The Morgan fingerprint density at radius 2 is 1.53 bits per heavy atom. The highest BCUT2D eigenvalue weighted by atomic mass is 16.5. The van der Waals surface area contributed by atoms with E-state index in [0.717, 1.165) is 46.7 Å². The smallest absolute Gasteiger partial charge is 0.255 e. The number of anilines is 1. The van der Waals surface area contributed by atoms with E-state index in [2.05, 4.69) is 51.2 Å². The summed E-state index contributed by atoms with van der Waals surface area (Å²) >= 11 is 0. The van der Waals surface area contributed by atoms with Gasteiger partial charge in [0, 0.05) is 16.8 Å². The first-order chi connectivity index (χ1) is 15.5. The Bertz CT molecular complexity index is 1070. The number of hydrogen-bond acceptors (Lipinski definition) is 3. The summed E-state index contributed by atoms with van der Waals surface area (Å²) in [5.41, 5.74) is 7.04. The predicted molar refractivity (Wildman–Crippen MR) is 131 cm³/mol. The summed E-state index contributed by atoms with van der Waals surface area (Å²) in [6.45, 7) is 11.2. The lowest BCUT2D eigenvalue weighted by molar-refractivity contribution is 0.102. The van der Waals surface area contributed by atoms with Crippen LogP contribution in [0.3, 0.4) is 0 Å². The van der Waals surface area contributed by atoms with Crippen molar-refractivity contribution >= 4 is 11.6 Å². The molecule has 4 nitrogen and oxygen atoms in total. The summed E-state index contributed by atoms with van der Waals surface area (Å²) < 4.78 is 11.8. The van der Waals surface area contributed by atoms with Gasteiger partial charge in [-0.3, -0.25) is 4.79 Å². The molecule has 0 bridgehead atoms. The standard InChI is InChI=1S/C28H33NO3/c1-6-21-10-9-11-22(7-2)27(21)29-28(30)23-13-15-26(31-8-3)24(17-23)18-32-25-14-12-19(4)20(5)16-25/h9-17H,6-8,18H2,1-5H3,(H,29,30). The molecule has 0 aromatic heterocycles. The van der Waals surface area contributed by atoms with Gasteiger partial charge in [0.25, 0.3) is 5.91 Å². The molecule has 1 amide bonds. The van der Waals surface area contributed by atoms with Gasteiger partial charge in [0.05, 0.1) is 6.61 Å². The molecule has 0 fully saturated rings. The molecule has 0 aliphatic carbocycles. The maximum absolute atomic E-state index is 13.1. The van der Waals surface area contributed by atoms with Crippen LogP contribution < -0.4 is 14.8 Å². The van der Waals surface area contributed by atoms with Crippen molar-refractivity contribution in [3.8, 4) is 11.5 Å². The second-order valence-corrected chi connectivity index (χ2v) is 7.90. The summed E-state index contributed by atoms with van der Waals surface area (Å²) in [5.74, 6) is 1.40. The van der Waals surface area contributed by atoms with Crippen LogP contribution in [0.1, 0.15) is 58.9 Å². The lowest BCUT2D eigenvalue weighted by Crippen LogP contribution is -2.15. The van der Waals surface area contributed by atoms with Gasteiger partial charge in [0.1, 0.15) is 18.1 Å². The van der Waals surface area contributed by atoms with Crippen LogP contribution in [0.15, 0.2) is 54.6 Å². The van der Waals surface area contributed by atoms with Gasteiger partial charge in [0.2, 0.25) is 0 Å². The zero-order chi connectivity index (χ0) is 23.1. The highest BCUT2D eigenvalue weighted by Crippen LogP contribution is 2.26. The molecular formula is C28H33NO3. The number of aryl methyl sites for hydroxylation is 4. The van der Waals surface area contributed by atoms with E-state index in [1.165, 1.54) is 11.1 Å². The molecule has 168 valence electrons. The number of carbonyl (C=O) groups is 1. The maximum atomic E-state index is 13.1. The lowest BCUT2D eigenvalue weighted by atomic mass is 10.0. The van der Waals surface area contributed by atoms with E-state index in [1.807, 2.05) is 37.3 Å². The third-order valence-corrected chi connectivity index (χ3v) is 5.73. The van der Waals surface area contributed by atoms with Crippen molar-refractivity contribution in [3.05, 3.63) is 88.0 Å². The van der Waals surface area contributed by atoms with Gasteiger partial charge >= 0.3 is 0 Å². The van der Waals surface area contributed by atoms with Crippen LogP contribution in [-0.4, -0.2) is 12.5 Å². The van der Waals surface area contributed by atoms with Crippen molar-refractivity contribution in [1.29, 1.82) is 0 Å². The Kier molecular flexibility index (Phi) is 7.93. The summed E-state index contributed by atoms with van der Waals surface area (Å²) in [7, 11) is 0. The number of carbonyl (C=O) groups excluding carboxylic acids is 1. The van der Waals surface area contributed by atoms with E-state index in [1.54, 1.807) is 6.07 Å². The SMILES string of the molecule is CCOc1ccc(C(=O)Nc2c(CC)cccc2CC)cc1COc1ccc(C)c(C)c1. The molecule has 0 atom stereocenters. The molecule has 0 radical (unpaired) electrons. The minimum absolute atomic E-state index is 0.129. The van der Waals surface area contributed by atoms with Gasteiger partial charge in [0.15, 0.2) is 0 Å². The van der Waals surface area contributed by atoms with Crippen LogP contribution in [0.4, 0.5) is 5.69 Å². The Balaban J connectivity index is 1.85. The van der Waals surface area contributed by atoms with Crippen LogP contribution in [0.25, 0.3) is 0 Å². The molecule has 0 saturated carbocycles. The zero-order valence-corrected chi connectivity index (χ0v) is 19.7. The Morgan fingerprint density at radius 1 is 0.812 bits per heavy atom. The van der Waals surface area contributed by atoms with Gasteiger partial charge in [-0.05, 0) is 86.2 Å². The summed E-state index contributed by atoms with van der Waals surface area (Å²) in [4.78, 5) is 13.1. The molecule has 4 heteroatoms. The van der Waals surface area contributed by atoms with E-state index in [4.69, 9.17) is 9.47 Å². The average molecular weight is 432 g/mol. The van der Waals surface area contributed by atoms with E-state index in [0.29, 0.717) is 18.8 Å². The molecule has 3 aromatic rings. The monoisotopic (exact) mass is 431 g/mol. The second-order valence-electron chi connectivity index (χ2n) is 7.90. The number of rotatable bonds is 9. The molecule has 3 rings (SSSR count). The average Bonchev–Trinajstić information content (AvgIpc) is 2.80. The molecule has 0 saturated heterocycles. The van der Waals surface area contributed by atoms with Crippen LogP contribution in [0.5, 0.6) is 11.5 Å². The summed E-state index contributed by atoms with van der Waals surface area (Å²) in [6.07, 6.45) is 1.73. The van der Waals surface area contributed by atoms with Gasteiger partial charge in [-0.2, -0.15) is 0 Å². The number of amides is 1. The first-order valence-corrected chi connectivity index (χ1v) is 11.3. The largest absolute Gasteiger partial charge is 0.493 e. The molecular weight excluding hydrogens is 398 g/mol. The third kappa shape index (κ3) is 5.50. The lowest BCUT2D eigenvalue weighted by Gasteiger charge is -2.16. The van der Waals surface area contributed by atoms with Gasteiger partial charge in [-0.25, -0.2) is 0 Å². The minimum Gasteiger partial charge on any atom is -0.493 e. The predicted octanol–water partition coefficient (Wildman–Crippen LogP) is 6.66. The molecule has 0 aliphatic rings. The number of para-hydroxylation sites is 1. The summed E-state index contributed by atoms with van der Waals surface area (Å²) in [5, 5.41) is 3.14. The molecule has 32 heavy (non-hydrogen) atoms. The van der Waals surface area contributed by atoms with E-state index < -0.39 is 0 Å². The highest BCUT2D eigenvalue weighted by molar-refractivity contribution is 6.05. The van der Waals surface area contributed by atoms with Crippen molar-refractivity contribution in [1.82, 2.24) is 0 Å².